The number of carboxylic acids is 2. The fourth-order valence-electron chi connectivity index (χ4n) is 2.64. The number of carbonyl (C=O) groups is 2. The highest BCUT2D eigenvalue weighted by molar-refractivity contribution is 5.95. The minimum atomic E-state index is -1.24. The van der Waals surface area contributed by atoms with Crippen LogP contribution in [0.2, 0.25) is 0 Å². The van der Waals surface area contributed by atoms with Crippen LogP contribution in [0.1, 0.15) is 31.8 Å². The maximum Gasteiger partial charge on any atom is 0.335 e. The lowest BCUT2D eigenvalue weighted by Gasteiger charge is -2.15. The van der Waals surface area contributed by atoms with E-state index >= 15 is 0 Å². The lowest BCUT2D eigenvalue weighted by molar-refractivity contribution is -0.0847. The molecule has 0 aliphatic heterocycles. The van der Waals surface area contributed by atoms with Crippen molar-refractivity contribution in [2.24, 2.45) is 0 Å². The van der Waals surface area contributed by atoms with Crippen LogP contribution in [-0.4, -0.2) is 99.2 Å². The van der Waals surface area contributed by atoms with E-state index in [-0.39, 0.29) is 77.2 Å². The molecule has 0 spiro atoms. The molecule has 0 amide bonds. The van der Waals surface area contributed by atoms with Crippen molar-refractivity contribution in [2.45, 2.75) is 12.8 Å². The highest BCUT2D eigenvalue weighted by Gasteiger charge is 2.18. The summed E-state index contributed by atoms with van der Waals surface area (Å²) in [5.74, 6) is -2.47. The van der Waals surface area contributed by atoms with Gasteiger partial charge in [0.1, 0.15) is 27.2 Å². The van der Waals surface area contributed by atoms with E-state index in [9.17, 15) is 19.8 Å². The Labute approximate surface area is 185 Å². The minimum Gasteiger partial charge on any atom is -0.478 e. The molecule has 32 heavy (non-hydrogen) atoms. The molecule has 0 heterocycles. The van der Waals surface area contributed by atoms with Crippen molar-refractivity contribution in [1.82, 2.24) is 0 Å². The van der Waals surface area contributed by atoms with E-state index in [1.54, 1.807) is 0 Å². The van der Waals surface area contributed by atoms with E-state index in [1.807, 2.05) is 0 Å². The van der Waals surface area contributed by atoms with Gasteiger partial charge in [-0.25, -0.2) is 9.59 Å². The second-order valence-electron chi connectivity index (χ2n) is 6.22. The molecule has 0 saturated heterocycles. The second kappa shape index (κ2) is 17.4. The zero-order valence-corrected chi connectivity index (χ0v) is 17.7. The van der Waals surface area contributed by atoms with Gasteiger partial charge in [0.25, 0.3) is 0 Å². The highest BCUT2D eigenvalue weighted by Crippen LogP contribution is 2.20. The second-order valence-corrected chi connectivity index (χ2v) is 6.22. The number of aliphatic hydroxyl groups is 2. The lowest BCUT2D eigenvalue weighted by Crippen LogP contribution is -2.15. The SMILES string of the molecule is O=C(O)c1cc(CCOCOCCOCO)c(CCOCOCCOCO)c(C(=O)O)c1. The van der Waals surface area contributed by atoms with E-state index in [0.717, 1.165) is 6.07 Å². The van der Waals surface area contributed by atoms with Crippen LogP contribution < -0.4 is 0 Å². The monoisotopic (exact) mass is 462 g/mol. The van der Waals surface area contributed by atoms with Crippen LogP contribution in [-0.2, 0) is 41.3 Å². The normalized spacial score (nSPS) is 11.1. The molecule has 0 aliphatic rings. The topological polar surface area (TPSA) is 170 Å². The molecule has 0 saturated carbocycles. The quantitative estimate of drug-likeness (QED) is 0.152. The Kier molecular flexibility index (Phi) is 15.2. The minimum absolute atomic E-state index is 0.0328. The first kappa shape index (κ1) is 27.9. The van der Waals surface area contributed by atoms with Crippen molar-refractivity contribution >= 4 is 11.9 Å². The van der Waals surface area contributed by atoms with Gasteiger partial charge in [-0.2, -0.15) is 0 Å². The molecule has 0 bridgehead atoms. The molecule has 0 aliphatic carbocycles. The Morgan fingerprint density at radius 3 is 1.66 bits per heavy atom. The van der Waals surface area contributed by atoms with E-state index in [4.69, 9.17) is 38.6 Å². The van der Waals surface area contributed by atoms with Gasteiger partial charge < -0.3 is 48.8 Å². The highest BCUT2D eigenvalue weighted by atomic mass is 16.7. The number of rotatable bonds is 20. The molecule has 1 aromatic rings. The number of ether oxygens (including phenoxy) is 6. The Hall–Kier alpha value is -2.16. The lowest BCUT2D eigenvalue weighted by atomic mass is 9.93. The molecular formula is C20H30O12. The van der Waals surface area contributed by atoms with E-state index < -0.39 is 25.5 Å². The van der Waals surface area contributed by atoms with E-state index in [1.165, 1.54) is 6.07 Å². The molecule has 1 rings (SSSR count). The van der Waals surface area contributed by atoms with Crippen molar-refractivity contribution in [3.63, 3.8) is 0 Å². The van der Waals surface area contributed by atoms with Gasteiger partial charge in [0.15, 0.2) is 0 Å². The van der Waals surface area contributed by atoms with E-state index in [0.29, 0.717) is 11.1 Å². The summed E-state index contributed by atoms with van der Waals surface area (Å²) in [5, 5.41) is 35.9. The van der Waals surface area contributed by atoms with Gasteiger partial charge in [-0.15, -0.1) is 0 Å². The van der Waals surface area contributed by atoms with Gasteiger partial charge in [0, 0.05) is 0 Å². The third-order valence-electron chi connectivity index (χ3n) is 4.09. The summed E-state index contributed by atoms with van der Waals surface area (Å²) >= 11 is 0. The molecule has 4 N–H and O–H groups in total. The molecule has 0 unspecified atom stereocenters. The van der Waals surface area contributed by atoms with E-state index in [2.05, 4.69) is 0 Å². The van der Waals surface area contributed by atoms with Gasteiger partial charge in [0.2, 0.25) is 0 Å². The summed E-state index contributed by atoms with van der Waals surface area (Å²) < 4.78 is 30.4. The maximum absolute atomic E-state index is 11.7. The zero-order chi connectivity index (χ0) is 23.6. The molecule has 12 heteroatoms. The van der Waals surface area contributed by atoms with Crippen LogP contribution in [0.3, 0.4) is 0 Å². The van der Waals surface area contributed by atoms with Crippen molar-refractivity contribution in [3.05, 3.63) is 34.4 Å². The molecule has 12 nitrogen and oxygen atoms in total. The predicted octanol–water partition coefficient (Wildman–Crippen LogP) is 0.0822. The zero-order valence-electron chi connectivity index (χ0n) is 17.7. The van der Waals surface area contributed by atoms with Gasteiger partial charge >= 0.3 is 11.9 Å². The summed E-state index contributed by atoms with van der Waals surface area (Å²) in [5.41, 5.74) is 0.726. The first-order chi connectivity index (χ1) is 15.5. The first-order valence-electron chi connectivity index (χ1n) is 9.81. The summed E-state index contributed by atoms with van der Waals surface area (Å²) in [6.45, 7) is 0.334. The van der Waals surface area contributed by atoms with Gasteiger partial charge in [-0.05, 0) is 36.1 Å². The average molecular weight is 462 g/mol. The number of benzene rings is 1. The summed E-state index contributed by atoms with van der Waals surface area (Å²) in [7, 11) is 0. The van der Waals surface area contributed by atoms with Crippen molar-refractivity contribution in [3.8, 4) is 0 Å². The van der Waals surface area contributed by atoms with Gasteiger partial charge in [-0.1, -0.05) is 0 Å². The molecule has 0 aromatic heterocycles. The van der Waals surface area contributed by atoms with Crippen LogP contribution in [0.5, 0.6) is 0 Å². The van der Waals surface area contributed by atoms with Gasteiger partial charge in [0.05, 0.1) is 50.8 Å². The third kappa shape index (κ3) is 11.5. The summed E-state index contributed by atoms with van der Waals surface area (Å²) in [6.07, 6.45) is 0.491. The summed E-state index contributed by atoms with van der Waals surface area (Å²) in [6, 6.07) is 2.55. The van der Waals surface area contributed by atoms with Crippen molar-refractivity contribution < 1.29 is 58.4 Å². The first-order valence-corrected chi connectivity index (χ1v) is 9.81. The number of hydrogen-bond acceptors (Lipinski definition) is 10. The Bertz CT molecular complexity index is 679. The van der Waals surface area contributed by atoms with Gasteiger partial charge in [-0.3, -0.25) is 0 Å². The van der Waals surface area contributed by atoms with Crippen LogP contribution in [0.4, 0.5) is 0 Å². The molecule has 0 atom stereocenters. The number of hydrogen-bond donors (Lipinski definition) is 4. The average Bonchev–Trinajstić information content (AvgIpc) is 2.77. The maximum atomic E-state index is 11.7. The molecule has 1 aromatic carbocycles. The Morgan fingerprint density at radius 1 is 0.656 bits per heavy atom. The van der Waals surface area contributed by atoms with Crippen LogP contribution >= 0.6 is 0 Å². The van der Waals surface area contributed by atoms with Crippen molar-refractivity contribution in [1.29, 1.82) is 0 Å². The van der Waals surface area contributed by atoms with Crippen molar-refractivity contribution in [2.75, 3.05) is 66.8 Å². The molecule has 182 valence electrons. The third-order valence-corrected chi connectivity index (χ3v) is 4.09. The predicted molar refractivity (Wildman–Crippen MR) is 107 cm³/mol. The molecule has 0 fully saturated rings. The van der Waals surface area contributed by atoms with Crippen LogP contribution in [0.15, 0.2) is 12.1 Å². The Balaban J connectivity index is 2.67. The fraction of sp³-hybridized carbons (Fsp3) is 0.600. The number of aliphatic hydroxyl groups excluding tert-OH is 2. The fourth-order valence-corrected chi connectivity index (χ4v) is 2.64. The molecular weight excluding hydrogens is 432 g/mol. The largest absolute Gasteiger partial charge is 0.478 e. The number of aromatic carboxylic acids is 2. The smallest absolute Gasteiger partial charge is 0.335 e. The molecule has 0 radical (unpaired) electrons. The standard InChI is InChI=1S/C20H30O12/c21-11-27-5-7-31-13-29-3-1-15-9-16(19(23)24)10-18(20(25)26)17(15)2-4-30-14-32-8-6-28-12-22/h9-10,21-22H,1-8,11-14H2,(H,23,24)(H,25,26). The van der Waals surface area contributed by atoms with Crippen LogP contribution in [0.25, 0.3) is 0 Å². The van der Waals surface area contributed by atoms with Crippen LogP contribution in [0, 0.1) is 0 Å². The number of carboxylic acid groups (broad SMARTS) is 2. The summed E-state index contributed by atoms with van der Waals surface area (Å²) in [4.78, 5) is 23.1. The Morgan fingerprint density at radius 2 is 1.16 bits per heavy atom.